The topological polar surface area (TPSA) is 51.0 Å². The van der Waals surface area contributed by atoms with Crippen molar-refractivity contribution in [3.05, 3.63) is 77.9 Å². The Morgan fingerprint density at radius 3 is 2.68 bits per heavy atom. The molecule has 25 heavy (non-hydrogen) atoms. The molecule has 6 heteroatoms. The molecule has 1 amide bonds. The Hall–Kier alpha value is -3.02. The number of para-hydroxylation sites is 1. The van der Waals surface area contributed by atoms with Crippen molar-refractivity contribution >= 4 is 5.91 Å². The second-order valence-electron chi connectivity index (χ2n) is 6.15. The third-order valence-electron chi connectivity index (χ3n) is 4.19. The minimum atomic E-state index is -0.296. The van der Waals surface area contributed by atoms with E-state index in [2.05, 4.69) is 10.2 Å². The zero-order valence-corrected chi connectivity index (χ0v) is 13.5. The van der Waals surface area contributed by atoms with Gasteiger partial charge in [0, 0.05) is 12.6 Å². The van der Waals surface area contributed by atoms with E-state index in [-0.39, 0.29) is 17.8 Å². The van der Waals surface area contributed by atoms with Crippen molar-refractivity contribution in [3.63, 3.8) is 0 Å². The van der Waals surface area contributed by atoms with Gasteiger partial charge in [-0.15, -0.1) is 5.10 Å². The SMILES string of the molecule is O=C(c1cnn(-c2ccccc2)n1)N(Cc1cccc(F)c1)C1CC1. The van der Waals surface area contributed by atoms with Crippen LogP contribution in [0.25, 0.3) is 5.69 Å². The molecule has 0 saturated heterocycles. The number of hydrogen-bond acceptors (Lipinski definition) is 3. The Labute approximate surface area is 144 Å². The van der Waals surface area contributed by atoms with E-state index in [1.165, 1.54) is 23.1 Å². The summed E-state index contributed by atoms with van der Waals surface area (Å²) in [7, 11) is 0. The van der Waals surface area contributed by atoms with Crippen LogP contribution in [-0.2, 0) is 6.54 Å². The van der Waals surface area contributed by atoms with Crippen molar-refractivity contribution in [1.29, 1.82) is 0 Å². The summed E-state index contributed by atoms with van der Waals surface area (Å²) < 4.78 is 13.4. The molecule has 4 rings (SSSR count). The highest BCUT2D eigenvalue weighted by molar-refractivity contribution is 5.92. The summed E-state index contributed by atoms with van der Waals surface area (Å²) >= 11 is 0. The Balaban J connectivity index is 1.56. The lowest BCUT2D eigenvalue weighted by atomic mass is 10.2. The molecule has 5 nitrogen and oxygen atoms in total. The van der Waals surface area contributed by atoms with Gasteiger partial charge in [-0.3, -0.25) is 4.79 Å². The minimum Gasteiger partial charge on any atom is -0.330 e. The molecule has 1 saturated carbocycles. The van der Waals surface area contributed by atoms with Crippen LogP contribution in [0.5, 0.6) is 0 Å². The summed E-state index contributed by atoms with van der Waals surface area (Å²) in [6.45, 7) is 0.374. The normalized spacial score (nSPS) is 13.6. The molecule has 1 aromatic heterocycles. The van der Waals surface area contributed by atoms with E-state index in [1.807, 2.05) is 36.4 Å². The van der Waals surface area contributed by atoms with Crippen molar-refractivity contribution in [2.75, 3.05) is 0 Å². The van der Waals surface area contributed by atoms with E-state index in [1.54, 1.807) is 11.0 Å². The van der Waals surface area contributed by atoms with E-state index >= 15 is 0 Å². The first kappa shape index (κ1) is 15.5. The largest absolute Gasteiger partial charge is 0.330 e. The molecule has 1 aliphatic carbocycles. The summed E-state index contributed by atoms with van der Waals surface area (Å²) in [5.41, 5.74) is 1.87. The summed E-state index contributed by atoms with van der Waals surface area (Å²) in [5, 5.41) is 8.50. The van der Waals surface area contributed by atoms with E-state index in [4.69, 9.17) is 0 Å². The van der Waals surface area contributed by atoms with Crippen molar-refractivity contribution in [2.24, 2.45) is 0 Å². The molecular formula is C19H17FN4O. The zero-order valence-electron chi connectivity index (χ0n) is 13.5. The number of carbonyl (C=O) groups is 1. The summed E-state index contributed by atoms with van der Waals surface area (Å²) in [6, 6.07) is 16.0. The third kappa shape index (κ3) is 3.42. The van der Waals surface area contributed by atoms with Crippen LogP contribution in [0.15, 0.2) is 60.8 Å². The van der Waals surface area contributed by atoms with Crippen LogP contribution in [0.2, 0.25) is 0 Å². The lowest BCUT2D eigenvalue weighted by molar-refractivity contribution is 0.0723. The fourth-order valence-electron chi connectivity index (χ4n) is 2.78. The number of amides is 1. The number of halogens is 1. The number of carbonyl (C=O) groups excluding carboxylic acids is 1. The van der Waals surface area contributed by atoms with Gasteiger partial charge in [-0.05, 0) is 42.7 Å². The van der Waals surface area contributed by atoms with Gasteiger partial charge in [0.05, 0.1) is 11.9 Å². The maximum absolute atomic E-state index is 13.4. The van der Waals surface area contributed by atoms with Gasteiger partial charge in [-0.1, -0.05) is 30.3 Å². The molecule has 1 aliphatic rings. The van der Waals surface area contributed by atoms with Crippen molar-refractivity contribution < 1.29 is 9.18 Å². The molecule has 0 aliphatic heterocycles. The Morgan fingerprint density at radius 2 is 1.96 bits per heavy atom. The van der Waals surface area contributed by atoms with E-state index < -0.39 is 0 Å². The van der Waals surface area contributed by atoms with Gasteiger partial charge >= 0.3 is 0 Å². The first-order valence-electron chi connectivity index (χ1n) is 8.24. The second kappa shape index (κ2) is 6.47. The predicted molar refractivity (Wildman–Crippen MR) is 90.7 cm³/mol. The quantitative estimate of drug-likeness (QED) is 0.719. The van der Waals surface area contributed by atoms with E-state index in [9.17, 15) is 9.18 Å². The summed E-state index contributed by atoms with van der Waals surface area (Å²) in [6.07, 6.45) is 3.41. The molecule has 1 fully saturated rings. The van der Waals surface area contributed by atoms with Crippen LogP contribution in [0.4, 0.5) is 4.39 Å². The van der Waals surface area contributed by atoms with E-state index in [0.29, 0.717) is 12.2 Å². The molecule has 0 N–H and O–H groups in total. The molecule has 126 valence electrons. The molecule has 0 unspecified atom stereocenters. The Morgan fingerprint density at radius 1 is 1.16 bits per heavy atom. The fourth-order valence-corrected chi connectivity index (χ4v) is 2.78. The maximum Gasteiger partial charge on any atom is 0.276 e. The highest BCUT2D eigenvalue weighted by Gasteiger charge is 2.34. The lowest BCUT2D eigenvalue weighted by Gasteiger charge is -2.21. The standard InChI is InChI=1S/C19H17FN4O/c20-15-6-4-5-14(11-15)13-23(16-9-10-16)19(25)18-12-21-24(22-18)17-7-2-1-3-8-17/h1-8,11-12,16H,9-10,13H2. The van der Waals surface area contributed by atoms with Crippen molar-refractivity contribution in [1.82, 2.24) is 19.9 Å². The second-order valence-corrected chi connectivity index (χ2v) is 6.15. The molecule has 0 spiro atoms. The van der Waals surface area contributed by atoms with E-state index in [0.717, 1.165) is 24.1 Å². The molecule has 1 heterocycles. The van der Waals surface area contributed by atoms with Gasteiger partial charge < -0.3 is 4.90 Å². The molecule has 0 bridgehead atoms. The van der Waals surface area contributed by atoms with Gasteiger partial charge in [-0.2, -0.15) is 9.90 Å². The van der Waals surface area contributed by atoms with Gasteiger partial charge in [0.2, 0.25) is 0 Å². The van der Waals surface area contributed by atoms with Crippen LogP contribution in [0.3, 0.4) is 0 Å². The van der Waals surface area contributed by atoms with Gasteiger partial charge in [0.1, 0.15) is 5.82 Å². The lowest BCUT2D eigenvalue weighted by Crippen LogP contribution is -2.33. The van der Waals surface area contributed by atoms with Crippen LogP contribution >= 0.6 is 0 Å². The van der Waals surface area contributed by atoms with Crippen LogP contribution < -0.4 is 0 Å². The first-order valence-corrected chi connectivity index (χ1v) is 8.24. The smallest absolute Gasteiger partial charge is 0.276 e. The van der Waals surface area contributed by atoms with Crippen LogP contribution in [0.1, 0.15) is 28.9 Å². The molecule has 0 radical (unpaired) electrons. The van der Waals surface area contributed by atoms with Crippen LogP contribution in [-0.4, -0.2) is 31.8 Å². The summed E-state index contributed by atoms with van der Waals surface area (Å²) in [5.74, 6) is -0.468. The van der Waals surface area contributed by atoms with Gasteiger partial charge in [0.25, 0.3) is 5.91 Å². The molecule has 0 atom stereocenters. The number of aromatic nitrogens is 3. The average Bonchev–Trinajstić information content (AvgIpc) is 3.35. The number of hydrogen-bond donors (Lipinski definition) is 0. The first-order chi connectivity index (χ1) is 12.2. The van der Waals surface area contributed by atoms with Gasteiger partial charge in [0.15, 0.2) is 5.69 Å². The van der Waals surface area contributed by atoms with Crippen molar-refractivity contribution in [3.8, 4) is 5.69 Å². The molecular weight excluding hydrogens is 319 g/mol. The highest BCUT2D eigenvalue weighted by Crippen LogP contribution is 2.29. The van der Waals surface area contributed by atoms with Gasteiger partial charge in [-0.25, -0.2) is 4.39 Å². The number of benzene rings is 2. The molecule has 3 aromatic rings. The zero-order chi connectivity index (χ0) is 17.2. The number of nitrogens with zero attached hydrogens (tertiary/aromatic N) is 4. The highest BCUT2D eigenvalue weighted by atomic mass is 19.1. The monoisotopic (exact) mass is 336 g/mol. The Bertz CT molecular complexity index is 889. The third-order valence-corrected chi connectivity index (χ3v) is 4.19. The summed E-state index contributed by atoms with van der Waals surface area (Å²) in [4.78, 5) is 16.1. The predicted octanol–water partition coefficient (Wildman–Crippen LogP) is 3.21. The van der Waals surface area contributed by atoms with Crippen molar-refractivity contribution in [2.45, 2.75) is 25.4 Å². The molecule has 2 aromatic carbocycles. The maximum atomic E-state index is 13.4. The van der Waals surface area contributed by atoms with Crippen LogP contribution in [0, 0.1) is 5.82 Å². The fraction of sp³-hybridized carbons (Fsp3) is 0.211. The number of rotatable bonds is 5. The Kier molecular flexibility index (Phi) is 4.01. The average molecular weight is 336 g/mol. The minimum absolute atomic E-state index is 0.172.